The van der Waals surface area contributed by atoms with Crippen molar-refractivity contribution in [3.63, 3.8) is 0 Å². The highest BCUT2D eigenvalue weighted by molar-refractivity contribution is 9.10. The number of allylic oxidation sites excluding steroid dienone is 2. The molecule has 5 rings (SSSR count). The minimum Gasteiger partial charge on any atom is -0.454 e. The van der Waals surface area contributed by atoms with Crippen LogP contribution in [0.5, 0.6) is 0 Å². The molecule has 266 valence electrons. The number of ether oxygens (including phenoxy) is 5. The number of carbonyl (C=O) groups excluding carboxylic acids is 3. The number of aliphatic hydroxyl groups is 1. The van der Waals surface area contributed by atoms with Gasteiger partial charge in [0.2, 0.25) is 0 Å². The van der Waals surface area contributed by atoms with Crippen molar-refractivity contribution >= 4 is 55.6 Å². The molecule has 0 aliphatic carbocycles. The van der Waals surface area contributed by atoms with Gasteiger partial charge >= 0.3 is 18.0 Å². The van der Waals surface area contributed by atoms with E-state index in [0.29, 0.717) is 31.4 Å². The molecule has 2 aliphatic rings. The van der Waals surface area contributed by atoms with Gasteiger partial charge in [-0.15, -0.1) is 0 Å². The maximum absolute atomic E-state index is 14.1. The first-order chi connectivity index (χ1) is 24.2. The molecule has 0 radical (unpaired) electrons. The van der Waals surface area contributed by atoms with Crippen molar-refractivity contribution in [1.82, 2.24) is 0 Å². The van der Waals surface area contributed by atoms with Gasteiger partial charge in [-0.2, -0.15) is 0 Å². The van der Waals surface area contributed by atoms with Gasteiger partial charge in [-0.05, 0) is 85.2 Å². The summed E-state index contributed by atoms with van der Waals surface area (Å²) >= 11 is 7.01. The second-order valence-electron chi connectivity index (χ2n) is 12.3. The topological polar surface area (TPSA) is 130 Å². The summed E-state index contributed by atoms with van der Waals surface area (Å²) < 4.78 is 31.5. The monoisotopic (exact) mass is 813 g/mol. The number of amides is 1. The van der Waals surface area contributed by atoms with E-state index in [9.17, 15) is 19.5 Å². The number of benzene rings is 3. The number of hydrogen-bond donors (Lipinski definition) is 2. The Labute approximate surface area is 308 Å². The molecule has 1 amide bonds. The number of aryl methyl sites for hydroxylation is 1. The van der Waals surface area contributed by atoms with E-state index in [4.69, 9.17) is 23.7 Å². The molecule has 1 saturated heterocycles. The minimum absolute atomic E-state index is 0.328. The predicted octanol–water partition coefficient (Wildman–Crippen LogP) is 6.95. The fraction of sp³-hybridized carbons (Fsp3) is 0.395. The highest BCUT2D eigenvalue weighted by Crippen LogP contribution is 2.32. The van der Waals surface area contributed by atoms with Crippen LogP contribution in [0, 0.1) is 11.8 Å². The average Bonchev–Trinajstić information content (AvgIpc) is 3.10. The van der Waals surface area contributed by atoms with Crippen LogP contribution in [0.1, 0.15) is 36.5 Å². The van der Waals surface area contributed by atoms with Crippen molar-refractivity contribution < 1.29 is 43.2 Å². The van der Waals surface area contributed by atoms with Gasteiger partial charge in [0.25, 0.3) is 0 Å². The number of aliphatic hydroxyl groups excluding tert-OH is 1. The number of carbonyl (C=O) groups is 3. The second-order valence-corrected chi connectivity index (χ2v) is 14.1. The van der Waals surface area contributed by atoms with Crippen LogP contribution in [-0.2, 0) is 52.5 Å². The zero-order chi connectivity index (χ0) is 35.6. The second kappa shape index (κ2) is 18.1. The van der Waals surface area contributed by atoms with E-state index in [1.807, 2.05) is 85.8 Å². The molecule has 2 N–H and O–H groups in total. The number of fused-ring (bicyclic) bond motifs is 1. The number of methoxy groups -OCH3 is 1. The number of nitrogens with one attached hydrogen (secondary N) is 1. The maximum atomic E-state index is 14.1. The number of esters is 2. The van der Waals surface area contributed by atoms with Gasteiger partial charge in [-0.3, -0.25) is 14.9 Å². The van der Waals surface area contributed by atoms with Crippen LogP contribution in [0.3, 0.4) is 0 Å². The first kappa shape index (κ1) is 37.7. The summed E-state index contributed by atoms with van der Waals surface area (Å²) in [5.41, 5.74) is 3.33. The number of anilines is 1. The van der Waals surface area contributed by atoms with Crippen LogP contribution in [0.4, 0.5) is 10.5 Å². The summed E-state index contributed by atoms with van der Waals surface area (Å²) in [6.45, 7) is 1.39. The quantitative estimate of drug-likeness (QED) is 0.134. The number of rotatable bonds is 9. The van der Waals surface area contributed by atoms with Crippen LogP contribution >= 0.6 is 31.9 Å². The largest absolute Gasteiger partial charge is 0.454 e. The van der Waals surface area contributed by atoms with E-state index >= 15 is 0 Å². The third kappa shape index (κ3) is 10.0. The van der Waals surface area contributed by atoms with E-state index < -0.39 is 67.2 Å². The Kier molecular flexibility index (Phi) is 13.6. The summed E-state index contributed by atoms with van der Waals surface area (Å²) in [6.07, 6.45) is -1.42. The Morgan fingerprint density at radius 1 is 0.840 bits per heavy atom. The smallest absolute Gasteiger partial charge is 0.412 e. The Hall–Kier alpha value is -3.55. The third-order valence-corrected chi connectivity index (χ3v) is 9.74. The summed E-state index contributed by atoms with van der Waals surface area (Å²) in [5.74, 6) is -2.41. The van der Waals surface area contributed by atoms with Gasteiger partial charge in [0.15, 0.2) is 24.6 Å². The molecule has 2 heterocycles. The van der Waals surface area contributed by atoms with Crippen molar-refractivity contribution in [3.8, 4) is 0 Å². The van der Waals surface area contributed by atoms with Crippen LogP contribution in [0.2, 0.25) is 0 Å². The fourth-order valence-corrected chi connectivity index (χ4v) is 7.05. The number of halogens is 2. The van der Waals surface area contributed by atoms with Crippen LogP contribution in [0.25, 0.3) is 0 Å². The molecule has 10 nitrogen and oxygen atoms in total. The Bertz CT molecular complexity index is 1670. The molecule has 3 aromatic carbocycles. The molecule has 50 heavy (non-hydrogen) atoms. The van der Waals surface area contributed by atoms with E-state index in [1.165, 1.54) is 7.11 Å². The zero-order valence-electron chi connectivity index (χ0n) is 27.8. The van der Waals surface area contributed by atoms with Crippen molar-refractivity contribution in [1.29, 1.82) is 0 Å². The Balaban J connectivity index is 1.50. The SMILES string of the molecule is CCc1cccc(NC(=O)O[C@H]2[C@@H]3OC(=O)[C@H](Cc4cccc(Br)c4)C/C=C/C[C@@H](Cc4cccc(Br)c4)C(=O)O[C@H]3[C@@H](OC)O[C@@H]2CO)c1. The van der Waals surface area contributed by atoms with Crippen molar-refractivity contribution in [2.45, 2.75) is 69.7 Å². The van der Waals surface area contributed by atoms with E-state index in [1.54, 1.807) is 6.07 Å². The lowest BCUT2D eigenvalue weighted by Gasteiger charge is -2.44. The molecule has 0 unspecified atom stereocenters. The molecule has 0 aromatic heterocycles. The average molecular weight is 816 g/mol. The lowest BCUT2D eigenvalue weighted by Crippen LogP contribution is -2.63. The van der Waals surface area contributed by atoms with Crippen LogP contribution in [0.15, 0.2) is 93.9 Å². The molecule has 1 fully saturated rings. The van der Waals surface area contributed by atoms with Crippen LogP contribution in [-0.4, -0.2) is 67.6 Å². The molecular weight excluding hydrogens is 774 g/mol. The molecule has 3 aromatic rings. The normalized spacial score (nSPS) is 26.3. The van der Waals surface area contributed by atoms with Crippen molar-refractivity contribution in [2.24, 2.45) is 11.8 Å². The summed E-state index contributed by atoms with van der Waals surface area (Å²) in [6, 6.07) is 22.6. The number of hydrogen-bond acceptors (Lipinski definition) is 9. The van der Waals surface area contributed by atoms with E-state index in [2.05, 4.69) is 37.2 Å². The Morgan fingerprint density at radius 3 is 1.94 bits per heavy atom. The summed E-state index contributed by atoms with van der Waals surface area (Å²) in [5, 5.41) is 13.1. The highest BCUT2D eigenvalue weighted by Gasteiger charge is 2.53. The molecular formula is C38H41Br2NO9. The molecule has 12 heteroatoms. The van der Waals surface area contributed by atoms with Gasteiger partial charge in [0, 0.05) is 21.7 Å². The van der Waals surface area contributed by atoms with Gasteiger partial charge in [0.05, 0.1) is 18.4 Å². The minimum atomic E-state index is -1.38. The van der Waals surface area contributed by atoms with E-state index in [0.717, 1.165) is 32.1 Å². The fourth-order valence-electron chi connectivity index (χ4n) is 6.16. The van der Waals surface area contributed by atoms with Gasteiger partial charge in [-0.1, -0.05) is 87.3 Å². The maximum Gasteiger partial charge on any atom is 0.412 e. The first-order valence-corrected chi connectivity index (χ1v) is 18.2. The van der Waals surface area contributed by atoms with Crippen LogP contribution < -0.4 is 5.32 Å². The lowest BCUT2D eigenvalue weighted by molar-refractivity contribution is -0.300. The highest BCUT2D eigenvalue weighted by atomic mass is 79.9. The molecule has 0 bridgehead atoms. The Morgan fingerprint density at radius 2 is 1.40 bits per heavy atom. The van der Waals surface area contributed by atoms with Gasteiger partial charge in [0.1, 0.15) is 6.10 Å². The van der Waals surface area contributed by atoms with E-state index in [-0.39, 0.29) is 0 Å². The molecule has 0 spiro atoms. The predicted molar refractivity (Wildman–Crippen MR) is 193 cm³/mol. The third-order valence-electron chi connectivity index (χ3n) is 8.75. The summed E-state index contributed by atoms with van der Waals surface area (Å²) in [4.78, 5) is 41.3. The molecule has 0 saturated carbocycles. The summed E-state index contributed by atoms with van der Waals surface area (Å²) in [7, 11) is 1.36. The van der Waals surface area contributed by atoms with Crippen molar-refractivity contribution in [2.75, 3.05) is 19.0 Å². The van der Waals surface area contributed by atoms with Crippen molar-refractivity contribution in [3.05, 3.63) is 111 Å². The van der Waals surface area contributed by atoms with Gasteiger partial charge < -0.3 is 28.8 Å². The molecule has 2 aliphatic heterocycles. The zero-order valence-corrected chi connectivity index (χ0v) is 31.0. The van der Waals surface area contributed by atoms with Gasteiger partial charge in [-0.25, -0.2) is 4.79 Å². The standard InChI is InChI=1S/C38H41Br2NO9/c1-3-23-9-8-16-30(21-23)41-38(45)50-32-31(22-42)47-37(46-2)34-33(32)48-35(43)26(17-24-10-6-14-28(39)19-24)12-4-5-13-27(36(44)49-34)18-25-11-7-15-29(40)20-25/h4-11,14-16,19-21,26-27,31-34,37,42H,3,12-13,17-18,22H2,1-2H3,(H,41,45)/b5-4+/t26-,27-,31+,32+,33-,34+,37-/m0/s1. The molecule has 7 atom stereocenters. The lowest BCUT2D eigenvalue weighted by atomic mass is 9.92. The first-order valence-electron chi connectivity index (χ1n) is 16.6.